The van der Waals surface area contributed by atoms with Crippen molar-refractivity contribution in [1.29, 1.82) is 0 Å². The van der Waals surface area contributed by atoms with Crippen LogP contribution < -0.4 is 4.46 Å². The Balaban J connectivity index is 1.98. The molecule has 0 saturated carbocycles. The molecule has 0 N–H and O–H groups in total. The molecule has 3 nitrogen and oxygen atoms in total. The van der Waals surface area contributed by atoms with E-state index < -0.39 is 6.16 Å². The summed E-state index contributed by atoms with van der Waals surface area (Å²) >= 11 is 0.293. The fraction of sp³-hybridized carbons (Fsp3) is 0.364. The zero-order valence-corrected chi connectivity index (χ0v) is 10.1. The summed E-state index contributed by atoms with van der Waals surface area (Å²) in [5, 5.41) is 0. The van der Waals surface area contributed by atoms with Gasteiger partial charge in [-0.05, 0) is 0 Å². The molecule has 0 aromatic heterocycles. The molecular weight excluding hydrogens is 259 g/mol. The van der Waals surface area contributed by atoms with E-state index in [9.17, 15) is 4.79 Å². The second kappa shape index (κ2) is 4.69. The van der Waals surface area contributed by atoms with Crippen LogP contribution in [0.25, 0.3) is 0 Å². The maximum absolute atomic E-state index is 10.8. The van der Waals surface area contributed by atoms with Crippen LogP contribution in [0, 0.1) is 0 Å². The van der Waals surface area contributed by atoms with Gasteiger partial charge in [0.2, 0.25) is 0 Å². The van der Waals surface area contributed by atoms with E-state index >= 15 is 0 Å². The van der Waals surface area contributed by atoms with Gasteiger partial charge in [0, 0.05) is 0 Å². The number of hydrogen-bond donors (Lipinski definition) is 0. The van der Waals surface area contributed by atoms with E-state index in [1.807, 2.05) is 25.1 Å². The summed E-state index contributed by atoms with van der Waals surface area (Å²) in [7, 11) is 0. The first-order chi connectivity index (χ1) is 7.25. The second-order valence-corrected chi connectivity index (χ2v) is 6.11. The van der Waals surface area contributed by atoms with Crippen molar-refractivity contribution in [2.75, 3.05) is 6.61 Å². The molecular formula is C11H12O3Se. The normalized spacial score (nSPS) is 25.5. The van der Waals surface area contributed by atoms with Crippen LogP contribution in [0.3, 0.4) is 0 Å². The van der Waals surface area contributed by atoms with E-state index in [2.05, 4.69) is 12.1 Å². The maximum atomic E-state index is 10.8. The van der Waals surface area contributed by atoms with Gasteiger partial charge in [0.05, 0.1) is 0 Å². The van der Waals surface area contributed by atoms with Crippen LogP contribution in [0.15, 0.2) is 30.3 Å². The molecule has 0 amide bonds. The van der Waals surface area contributed by atoms with Gasteiger partial charge in [0.25, 0.3) is 0 Å². The minimum atomic E-state index is -0.539. The molecule has 0 spiro atoms. The first-order valence-corrected chi connectivity index (χ1v) is 6.65. The van der Waals surface area contributed by atoms with E-state index in [1.165, 1.54) is 4.46 Å². The summed E-state index contributed by atoms with van der Waals surface area (Å²) < 4.78 is 11.2. The van der Waals surface area contributed by atoms with Crippen molar-refractivity contribution in [2.24, 2.45) is 0 Å². The van der Waals surface area contributed by atoms with Crippen LogP contribution in [0.4, 0.5) is 4.79 Å². The summed E-state index contributed by atoms with van der Waals surface area (Å²) in [5.74, 6) is 0. The summed E-state index contributed by atoms with van der Waals surface area (Å²) in [6.07, 6.45) is -0.575. The van der Waals surface area contributed by atoms with Gasteiger partial charge < -0.3 is 0 Å². The first-order valence-electron chi connectivity index (χ1n) is 4.81. The van der Waals surface area contributed by atoms with Gasteiger partial charge in [-0.3, -0.25) is 0 Å². The Morgan fingerprint density at radius 2 is 2.07 bits per heavy atom. The van der Waals surface area contributed by atoms with Crippen LogP contribution in [0.5, 0.6) is 0 Å². The van der Waals surface area contributed by atoms with Crippen LogP contribution in [-0.2, 0) is 9.47 Å². The van der Waals surface area contributed by atoms with Crippen molar-refractivity contribution >= 4 is 25.6 Å². The predicted octanol–water partition coefficient (Wildman–Crippen LogP) is 1.36. The van der Waals surface area contributed by atoms with Crippen LogP contribution in [-0.4, -0.2) is 33.8 Å². The fourth-order valence-electron chi connectivity index (χ4n) is 1.35. The number of carbonyl (C=O) groups is 1. The zero-order chi connectivity index (χ0) is 10.7. The number of cyclic esters (lactones) is 2. The first kappa shape index (κ1) is 10.5. The van der Waals surface area contributed by atoms with Gasteiger partial charge in [0.1, 0.15) is 0 Å². The summed E-state index contributed by atoms with van der Waals surface area (Å²) in [5.41, 5.74) is 0. The molecule has 1 heterocycles. The third-order valence-corrected chi connectivity index (χ3v) is 5.07. The van der Waals surface area contributed by atoms with E-state index in [0.717, 1.165) is 0 Å². The number of hydrogen-bond acceptors (Lipinski definition) is 3. The molecule has 15 heavy (non-hydrogen) atoms. The van der Waals surface area contributed by atoms with Crippen molar-refractivity contribution in [3.05, 3.63) is 30.3 Å². The number of benzene rings is 1. The third-order valence-electron chi connectivity index (χ3n) is 2.20. The van der Waals surface area contributed by atoms with Gasteiger partial charge in [-0.25, -0.2) is 0 Å². The molecule has 1 aliphatic heterocycles. The Morgan fingerprint density at radius 1 is 1.33 bits per heavy atom. The quantitative estimate of drug-likeness (QED) is 0.602. The monoisotopic (exact) mass is 272 g/mol. The predicted molar refractivity (Wildman–Crippen MR) is 57.5 cm³/mol. The Bertz CT molecular complexity index is 339. The van der Waals surface area contributed by atoms with E-state index in [4.69, 9.17) is 9.47 Å². The average Bonchev–Trinajstić information content (AvgIpc) is 2.24. The topological polar surface area (TPSA) is 35.5 Å². The molecule has 1 unspecified atom stereocenters. The van der Waals surface area contributed by atoms with Crippen molar-refractivity contribution < 1.29 is 14.3 Å². The molecule has 2 rings (SSSR count). The molecule has 1 aromatic carbocycles. The number of ether oxygens (including phenoxy) is 2. The van der Waals surface area contributed by atoms with Gasteiger partial charge in [0.15, 0.2) is 0 Å². The van der Waals surface area contributed by atoms with Crippen molar-refractivity contribution in [3.8, 4) is 0 Å². The van der Waals surface area contributed by atoms with Crippen molar-refractivity contribution in [1.82, 2.24) is 0 Å². The summed E-state index contributed by atoms with van der Waals surface area (Å²) in [6.45, 7) is 2.41. The Hall–Kier alpha value is -0.991. The Kier molecular flexibility index (Phi) is 3.29. The fourth-order valence-corrected chi connectivity index (χ4v) is 3.55. The molecule has 80 valence electrons. The second-order valence-electron chi connectivity index (χ2n) is 3.35. The average molecular weight is 271 g/mol. The molecule has 1 fully saturated rings. The Labute approximate surface area is 94.9 Å². The van der Waals surface area contributed by atoms with Crippen molar-refractivity contribution in [2.45, 2.75) is 17.8 Å². The van der Waals surface area contributed by atoms with E-state index in [1.54, 1.807) is 0 Å². The summed E-state index contributed by atoms with van der Waals surface area (Å²) in [4.78, 5) is 11.2. The Morgan fingerprint density at radius 3 is 2.73 bits per heavy atom. The van der Waals surface area contributed by atoms with E-state index in [0.29, 0.717) is 26.4 Å². The van der Waals surface area contributed by atoms with Crippen LogP contribution in [0.2, 0.25) is 4.82 Å². The molecule has 2 atom stereocenters. The van der Waals surface area contributed by atoms with E-state index in [-0.39, 0.29) is 6.10 Å². The van der Waals surface area contributed by atoms with Crippen molar-refractivity contribution in [3.63, 3.8) is 0 Å². The van der Waals surface area contributed by atoms with Crippen LogP contribution in [0.1, 0.15) is 6.92 Å². The SMILES string of the molecule is CC1OC(=O)OC[C@H]1[Se]c1ccccc1. The zero-order valence-electron chi connectivity index (χ0n) is 8.38. The molecule has 1 saturated heterocycles. The molecule has 0 aliphatic carbocycles. The summed E-state index contributed by atoms with van der Waals surface area (Å²) in [6, 6.07) is 10.3. The third kappa shape index (κ3) is 2.74. The molecule has 4 heteroatoms. The molecule has 1 aliphatic rings. The van der Waals surface area contributed by atoms with Crippen LogP contribution >= 0.6 is 0 Å². The molecule has 0 bridgehead atoms. The van der Waals surface area contributed by atoms with Gasteiger partial charge in [-0.1, -0.05) is 0 Å². The number of rotatable bonds is 2. The van der Waals surface area contributed by atoms with Gasteiger partial charge in [-0.15, -0.1) is 0 Å². The minimum absolute atomic E-state index is 0.0357. The number of carbonyl (C=O) groups excluding carboxylic acids is 1. The van der Waals surface area contributed by atoms with Gasteiger partial charge in [-0.2, -0.15) is 0 Å². The molecule has 0 radical (unpaired) electrons. The standard InChI is InChI=1S/C11H12O3Se/c1-8-10(7-13-11(12)14-8)15-9-5-3-2-4-6-9/h2-6,8,10H,7H2,1H3/t8?,10-/m1/s1. The molecule has 1 aromatic rings. The van der Waals surface area contributed by atoms with Gasteiger partial charge >= 0.3 is 94.6 Å².